The molecule has 0 fully saturated rings. The van der Waals surface area contributed by atoms with Gasteiger partial charge in [-0.1, -0.05) is 11.8 Å². The summed E-state index contributed by atoms with van der Waals surface area (Å²) < 4.78 is 60.7. The average Bonchev–Trinajstić information content (AvgIpc) is 2.34. The molecule has 0 aliphatic rings. The Morgan fingerprint density at radius 2 is 1.95 bits per heavy atom. The minimum absolute atomic E-state index is 0.146. The van der Waals surface area contributed by atoms with Gasteiger partial charge in [0.25, 0.3) is 0 Å². The summed E-state index contributed by atoms with van der Waals surface area (Å²) in [6, 6.07) is 2.82. The average molecular weight is 336 g/mol. The predicted octanol–water partition coefficient (Wildman–Crippen LogP) is -1.26. The zero-order valence-electron chi connectivity index (χ0n) is 10.7. The van der Waals surface area contributed by atoms with Crippen LogP contribution in [0.15, 0.2) is 23.1 Å². The first-order valence-electron chi connectivity index (χ1n) is 5.55. The smallest absolute Gasteiger partial charge is 0.241 e. The van der Waals surface area contributed by atoms with E-state index in [9.17, 15) is 21.2 Å². The van der Waals surface area contributed by atoms with Crippen molar-refractivity contribution in [3.05, 3.63) is 29.6 Å². The lowest BCUT2D eigenvalue weighted by Crippen LogP contribution is -2.31. The highest BCUT2D eigenvalue weighted by Crippen LogP contribution is 2.16. The van der Waals surface area contributed by atoms with Crippen molar-refractivity contribution in [2.75, 3.05) is 18.9 Å². The Balaban J connectivity index is 3.08. The number of sulfonamides is 2. The zero-order valence-corrected chi connectivity index (χ0v) is 12.3. The lowest BCUT2D eigenvalue weighted by atomic mass is 10.2. The summed E-state index contributed by atoms with van der Waals surface area (Å²) >= 11 is 0. The zero-order chi connectivity index (χ0) is 16.1. The quantitative estimate of drug-likeness (QED) is 0.578. The Morgan fingerprint density at radius 1 is 1.29 bits per heavy atom. The topological polar surface area (TPSA) is 127 Å². The second-order valence-corrected chi connectivity index (χ2v) is 7.33. The second-order valence-electron chi connectivity index (χ2n) is 3.87. The minimum atomic E-state index is -4.08. The summed E-state index contributed by atoms with van der Waals surface area (Å²) in [5, 5.41) is 13.4. The van der Waals surface area contributed by atoms with Crippen molar-refractivity contribution in [1.82, 2.24) is 4.72 Å². The minimum Gasteiger partial charge on any atom is -0.384 e. The largest absolute Gasteiger partial charge is 0.384 e. The summed E-state index contributed by atoms with van der Waals surface area (Å²) in [6.07, 6.45) is 0. The van der Waals surface area contributed by atoms with Crippen molar-refractivity contribution >= 4 is 20.0 Å². The molecule has 4 N–H and O–H groups in total. The molecule has 0 radical (unpaired) electrons. The van der Waals surface area contributed by atoms with Gasteiger partial charge in [-0.25, -0.2) is 31.1 Å². The highest BCUT2D eigenvalue weighted by molar-refractivity contribution is 7.90. The number of benzene rings is 1. The van der Waals surface area contributed by atoms with Gasteiger partial charge in [0.15, 0.2) is 0 Å². The van der Waals surface area contributed by atoms with Crippen molar-refractivity contribution in [3.8, 4) is 11.8 Å². The number of nitrogens with two attached hydrogens (primary N) is 1. The van der Waals surface area contributed by atoms with Gasteiger partial charge in [-0.2, -0.15) is 0 Å². The van der Waals surface area contributed by atoms with E-state index in [0.717, 1.165) is 18.2 Å². The standard InChI is InChI=1S/C11H13FN2O5S2/c12-10-3-4-11(9(8-10)2-1-6-15)21(18,19)14-5-7-20(13,16)17/h3-4,8,14-15H,5-7H2,(H2,13,16,17). The van der Waals surface area contributed by atoms with Gasteiger partial charge in [0.1, 0.15) is 12.4 Å². The number of rotatable bonds is 5. The second kappa shape index (κ2) is 6.97. The molecule has 1 aromatic carbocycles. The number of aliphatic hydroxyl groups excluding tert-OH is 1. The first kappa shape index (κ1) is 17.5. The van der Waals surface area contributed by atoms with Crippen LogP contribution >= 0.6 is 0 Å². The number of primary sulfonamides is 1. The predicted molar refractivity (Wildman–Crippen MR) is 73.5 cm³/mol. The lowest BCUT2D eigenvalue weighted by Gasteiger charge is -2.08. The number of hydrogen-bond donors (Lipinski definition) is 3. The molecule has 0 unspecified atom stereocenters. The van der Waals surface area contributed by atoms with Gasteiger partial charge < -0.3 is 5.11 Å². The van der Waals surface area contributed by atoms with Gasteiger partial charge in [-0.15, -0.1) is 0 Å². The van der Waals surface area contributed by atoms with Crippen LogP contribution in [0.3, 0.4) is 0 Å². The van der Waals surface area contributed by atoms with Crippen LogP contribution in [0.25, 0.3) is 0 Å². The van der Waals surface area contributed by atoms with E-state index in [0.29, 0.717) is 0 Å². The molecule has 1 rings (SSSR count). The van der Waals surface area contributed by atoms with Crippen LogP contribution < -0.4 is 9.86 Å². The number of halogens is 1. The first-order chi connectivity index (χ1) is 9.65. The van der Waals surface area contributed by atoms with E-state index < -0.39 is 44.8 Å². The van der Waals surface area contributed by atoms with Crippen LogP contribution in [-0.4, -0.2) is 40.8 Å². The van der Waals surface area contributed by atoms with E-state index in [1.54, 1.807) is 0 Å². The van der Waals surface area contributed by atoms with Gasteiger partial charge in [-0.3, -0.25) is 0 Å². The summed E-state index contributed by atoms with van der Waals surface area (Å²) in [7, 11) is -7.89. The number of hydrogen-bond acceptors (Lipinski definition) is 5. The lowest BCUT2D eigenvalue weighted by molar-refractivity contribution is 0.350. The molecule has 7 nitrogen and oxygen atoms in total. The SMILES string of the molecule is NS(=O)(=O)CCNS(=O)(=O)c1ccc(F)cc1C#CCO. The maximum absolute atomic E-state index is 13.1. The maximum atomic E-state index is 13.1. The molecule has 0 saturated heterocycles. The molecule has 0 aromatic heterocycles. The van der Waals surface area contributed by atoms with Crippen LogP contribution in [0.4, 0.5) is 4.39 Å². The van der Waals surface area contributed by atoms with Gasteiger partial charge in [0.2, 0.25) is 20.0 Å². The molecular weight excluding hydrogens is 323 g/mol. The Morgan fingerprint density at radius 3 is 2.52 bits per heavy atom. The molecular formula is C11H13FN2O5S2. The molecule has 1 aromatic rings. The Bertz CT molecular complexity index is 779. The number of aliphatic hydroxyl groups is 1. The molecule has 0 spiro atoms. The fraction of sp³-hybridized carbons (Fsp3) is 0.273. The highest BCUT2D eigenvalue weighted by Gasteiger charge is 2.18. The molecule has 0 heterocycles. The fourth-order valence-electron chi connectivity index (χ4n) is 1.37. The van der Waals surface area contributed by atoms with E-state index in [1.807, 2.05) is 4.72 Å². The molecule has 0 bridgehead atoms. The van der Waals surface area contributed by atoms with Crippen molar-refractivity contribution in [2.24, 2.45) is 5.14 Å². The van der Waals surface area contributed by atoms with Crippen molar-refractivity contribution in [3.63, 3.8) is 0 Å². The van der Waals surface area contributed by atoms with Crippen molar-refractivity contribution in [1.29, 1.82) is 0 Å². The Kier molecular flexibility index (Phi) is 5.82. The highest BCUT2D eigenvalue weighted by atomic mass is 32.2. The van der Waals surface area contributed by atoms with Gasteiger partial charge in [0, 0.05) is 12.1 Å². The fourth-order valence-corrected chi connectivity index (χ4v) is 3.05. The maximum Gasteiger partial charge on any atom is 0.241 e. The van der Waals surface area contributed by atoms with Gasteiger partial charge in [-0.05, 0) is 18.2 Å². The van der Waals surface area contributed by atoms with Crippen LogP contribution in [0.2, 0.25) is 0 Å². The Labute approximate surface area is 122 Å². The molecule has 10 heteroatoms. The van der Waals surface area contributed by atoms with E-state index in [-0.39, 0.29) is 10.5 Å². The summed E-state index contributed by atoms with van der Waals surface area (Å²) in [5.41, 5.74) is -0.146. The van der Waals surface area contributed by atoms with Crippen LogP contribution in [0.5, 0.6) is 0 Å². The summed E-state index contributed by atoms with van der Waals surface area (Å²) in [6.45, 7) is -0.944. The third kappa shape index (κ3) is 5.78. The van der Waals surface area contributed by atoms with E-state index in [4.69, 9.17) is 10.2 Å². The first-order valence-corrected chi connectivity index (χ1v) is 8.75. The van der Waals surface area contributed by atoms with Gasteiger partial charge in [0.05, 0.1) is 10.6 Å². The molecule has 0 aliphatic carbocycles. The molecule has 0 atom stereocenters. The summed E-state index contributed by atoms with van der Waals surface area (Å²) in [4.78, 5) is -0.320. The van der Waals surface area contributed by atoms with Crippen LogP contribution in [0, 0.1) is 17.7 Å². The molecule has 0 amide bonds. The van der Waals surface area contributed by atoms with E-state index >= 15 is 0 Å². The molecule has 0 saturated carbocycles. The molecule has 0 aliphatic heterocycles. The van der Waals surface area contributed by atoms with Crippen molar-refractivity contribution in [2.45, 2.75) is 4.90 Å². The summed E-state index contributed by atoms with van der Waals surface area (Å²) in [5.74, 6) is 3.26. The molecule has 21 heavy (non-hydrogen) atoms. The third-order valence-electron chi connectivity index (χ3n) is 2.21. The van der Waals surface area contributed by atoms with Gasteiger partial charge >= 0.3 is 0 Å². The van der Waals surface area contributed by atoms with E-state index in [1.165, 1.54) is 0 Å². The van der Waals surface area contributed by atoms with Crippen LogP contribution in [0.1, 0.15) is 5.56 Å². The molecule has 116 valence electrons. The third-order valence-corrected chi connectivity index (χ3v) is 4.50. The van der Waals surface area contributed by atoms with E-state index in [2.05, 4.69) is 11.8 Å². The number of nitrogens with one attached hydrogen (secondary N) is 1. The Hall–Kier alpha value is -1.51. The normalized spacial score (nSPS) is 11.8. The van der Waals surface area contributed by atoms with Crippen molar-refractivity contribution < 1.29 is 26.3 Å². The monoisotopic (exact) mass is 336 g/mol. The van der Waals surface area contributed by atoms with Crippen LogP contribution in [-0.2, 0) is 20.0 Å².